The predicted octanol–water partition coefficient (Wildman–Crippen LogP) is 4.72. The van der Waals surface area contributed by atoms with Crippen molar-refractivity contribution >= 4 is 29.2 Å². The van der Waals surface area contributed by atoms with Gasteiger partial charge in [-0.3, -0.25) is 4.79 Å². The molecule has 0 spiro atoms. The summed E-state index contributed by atoms with van der Waals surface area (Å²) in [6.45, 7) is 3.42. The molecule has 182 valence electrons. The summed E-state index contributed by atoms with van der Waals surface area (Å²) in [5.74, 6) is -2.92. The quantitative estimate of drug-likeness (QED) is 0.569. The highest BCUT2D eigenvalue weighted by molar-refractivity contribution is 6.31. The van der Waals surface area contributed by atoms with E-state index in [9.17, 15) is 9.90 Å². The van der Waals surface area contributed by atoms with Crippen LogP contribution in [-0.4, -0.2) is 40.4 Å². The molecule has 0 amide bonds. The lowest BCUT2D eigenvalue weighted by Gasteiger charge is -2.43. The summed E-state index contributed by atoms with van der Waals surface area (Å²) < 4.78 is 36.7. The molecule has 3 aliphatic rings. The van der Waals surface area contributed by atoms with E-state index in [1.54, 1.807) is 19.9 Å². The first-order valence-corrected chi connectivity index (χ1v) is 12.0. The minimum atomic E-state index is -1.55. The highest BCUT2D eigenvalue weighted by atomic mass is 35.5. The van der Waals surface area contributed by atoms with Crippen LogP contribution in [0.2, 0.25) is 10.0 Å². The number of esters is 1. The van der Waals surface area contributed by atoms with Crippen molar-refractivity contribution in [1.29, 1.82) is 0 Å². The number of carbonyl (C=O) groups is 1. The molecular weight excluding hydrogens is 485 g/mol. The van der Waals surface area contributed by atoms with Crippen LogP contribution < -0.4 is 5.73 Å². The fraction of sp³-hybridized carbons (Fsp3) is 0.480. The highest BCUT2D eigenvalue weighted by Crippen LogP contribution is 2.61. The Hall–Kier alpha value is -1.77. The van der Waals surface area contributed by atoms with Crippen molar-refractivity contribution in [3.8, 4) is 0 Å². The van der Waals surface area contributed by atoms with Gasteiger partial charge in [0, 0.05) is 29.2 Å². The number of nitrogens with zero attached hydrogens (tertiary/aromatic N) is 1. The zero-order chi connectivity index (χ0) is 24.6. The lowest BCUT2D eigenvalue weighted by Crippen LogP contribution is -2.56. The molecule has 2 aromatic rings. The summed E-state index contributed by atoms with van der Waals surface area (Å²) in [6.07, 6.45) is 1.95. The fourth-order valence-corrected chi connectivity index (χ4v) is 6.37. The molecule has 0 aromatic heterocycles. The first-order valence-electron chi connectivity index (χ1n) is 11.3. The number of halogens is 4. The van der Waals surface area contributed by atoms with Gasteiger partial charge in [-0.2, -0.15) is 0 Å². The average Bonchev–Trinajstić information content (AvgIpc) is 3.43. The number of ether oxygens (including phenoxy) is 1. The van der Waals surface area contributed by atoms with Crippen molar-refractivity contribution < 1.29 is 23.4 Å². The van der Waals surface area contributed by atoms with Gasteiger partial charge in [0.25, 0.3) is 0 Å². The third kappa shape index (κ3) is 3.39. The van der Waals surface area contributed by atoms with Gasteiger partial charge < -0.3 is 15.6 Å². The largest absolute Gasteiger partial charge is 0.443 e. The van der Waals surface area contributed by atoms with Crippen molar-refractivity contribution in [2.75, 3.05) is 6.61 Å². The normalized spacial score (nSPS) is 31.4. The van der Waals surface area contributed by atoms with Crippen LogP contribution in [0.25, 0.3) is 0 Å². The third-order valence-electron chi connectivity index (χ3n) is 7.86. The molecule has 3 fully saturated rings. The summed E-state index contributed by atoms with van der Waals surface area (Å²) in [4.78, 5) is 15.1. The van der Waals surface area contributed by atoms with Gasteiger partial charge in [-0.05, 0) is 62.3 Å². The molecule has 9 heteroatoms. The van der Waals surface area contributed by atoms with E-state index in [0.717, 1.165) is 12.8 Å². The highest BCUT2D eigenvalue weighted by Gasteiger charge is 2.70. The Labute approximate surface area is 206 Å². The van der Waals surface area contributed by atoms with E-state index in [-0.39, 0.29) is 27.8 Å². The van der Waals surface area contributed by atoms with E-state index < -0.39 is 52.3 Å². The number of aliphatic hydroxyl groups is 1. The van der Waals surface area contributed by atoms with E-state index in [1.807, 2.05) is 4.90 Å². The summed E-state index contributed by atoms with van der Waals surface area (Å²) in [5, 5.41) is 10.2. The molecule has 2 saturated heterocycles. The fourth-order valence-electron chi connectivity index (χ4n) is 6.03. The lowest BCUT2D eigenvalue weighted by molar-refractivity contribution is -0.152. The number of nitrogens with two attached hydrogens (primary N) is 1. The third-order valence-corrected chi connectivity index (χ3v) is 8.39. The van der Waals surface area contributed by atoms with E-state index in [0.29, 0.717) is 6.42 Å². The Morgan fingerprint density at radius 3 is 2.53 bits per heavy atom. The maximum Gasteiger partial charge on any atom is 0.325 e. The molecule has 2 aromatic carbocycles. The minimum absolute atomic E-state index is 0.0629. The van der Waals surface area contributed by atoms with E-state index in [4.69, 9.17) is 33.7 Å². The first kappa shape index (κ1) is 23.9. The number of fused-ring (bicyclic) bond motifs is 1. The van der Waals surface area contributed by atoms with Crippen LogP contribution in [0, 0.1) is 17.0 Å². The summed E-state index contributed by atoms with van der Waals surface area (Å²) in [7, 11) is 0. The van der Waals surface area contributed by atoms with Gasteiger partial charge in [0.15, 0.2) is 5.72 Å². The van der Waals surface area contributed by atoms with Crippen LogP contribution in [0.15, 0.2) is 36.4 Å². The summed E-state index contributed by atoms with van der Waals surface area (Å²) in [5.41, 5.74) is 4.43. The molecule has 0 radical (unpaired) electrons. The van der Waals surface area contributed by atoms with Crippen LogP contribution in [0.5, 0.6) is 0 Å². The minimum Gasteiger partial charge on any atom is -0.443 e. The monoisotopic (exact) mass is 510 g/mol. The molecule has 4 atom stereocenters. The van der Waals surface area contributed by atoms with Crippen LogP contribution in [-0.2, 0) is 15.1 Å². The van der Waals surface area contributed by atoms with Crippen molar-refractivity contribution in [1.82, 2.24) is 4.90 Å². The number of cyclic esters (lactones) is 1. The van der Waals surface area contributed by atoms with Gasteiger partial charge in [-0.15, -0.1) is 0 Å². The molecule has 0 unspecified atom stereocenters. The Balaban J connectivity index is 1.80. The summed E-state index contributed by atoms with van der Waals surface area (Å²) >= 11 is 12.2. The zero-order valence-corrected chi connectivity index (χ0v) is 20.3. The Morgan fingerprint density at radius 1 is 1.21 bits per heavy atom. The molecule has 34 heavy (non-hydrogen) atoms. The van der Waals surface area contributed by atoms with Crippen LogP contribution in [0.1, 0.15) is 50.2 Å². The topological polar surface area (TPSA) is 75.8 Å². The van der Waals surface area contributed by atoms with E-state index in [2.05, 4.69) is 0 Å². The first-order chi connectivity index (χ1) is 15.9. The average molecular weight is 511 g/mol. The van der Waals surface area contributed by atoms with E-state index in [1.165, 1.54) is 30.3 Å². The number of aliphatic hydroxyl groups excluding tert-OH is 1. The molecule has 0 bridgehead atoms. The molecule has 3 N–H and O–H groups in total. The van der Waals surface area contributed by atoms with Crippen LogP contribution in [0.3, 0.4) is 0 Å². The zero-order valence-electron chi connectivity index (χ0n) is 18.8. The molecular formula is C25H26Cl2F2N2O3. The molecule has 1 saturated carbocycles. The standard InChI is InChI=1S/C25H26Cl2F2N2O3/c1-23(2)31-18(11-24(12-32)8-9-24)25(30,15-7-6-13(26)10-17(15)28)19(21(31)22(33)34-23)14-4-3-5-16(27)20(14)29/h3-7,10,18-19,21,32H,8-9,11-12,30H2,1-2H3/t18-,19-,21+,25+/m0/s1. The number of rotatable bonds is 5. The van der Waals surface area contributed by atoms with Crippen LogP contribution >= 0.6 is 23.2 Å². The maximum atomic E-state index is 15.5. The van der Waals surface area contributed by atoms with Gasteiger partial charge in [0.05, 0.1) is 10.6 Å². The molecule has 2 aliphatic heterocycles. The van der Waals surface area contributed by atoms with Gasteiger partial charge in [0.1, 0.15) is 17.7 Å². The van der Waals surface area contributed by atoms with Gasteiger partial charge >= 0.3 is 5.97 Å². The smallest absolute Gasteiger partial charge is 0.325 e. The number of carbonyl (C=O) groups excluding carboxylic acids is 1. The van der Waals surface area contributed by atoms with Crippen molar-refractivity contribution in [3.63, 3.8) is 0 Å². The second kappa shape index (κ2) is 7.87. The Kier molecular flexibility index (Phi) is 5.54. The number of hydrogen-bond donors (Lipinski definition) is 2. The van der Waals surface area contributed by atoms with E-state index >= 15 is 8.78 Å². The Morgan fingerprint density at radius 2 is 1.91 bits per heavy atom. The number of benzene rings is 2. The van der Waals surface area contributed by atoms with Crippen molar-refractivity contribution in [3.05, 3.63) is 69.2 Å². The van der Waals surface area contributed by atoms with Gasteiger partial charge in [-0.1, -0.05) is 41.4 Å². The van der Waals surface area contributed by atoms with Crippen molar-refractivity contribution in [2.24, 2.45) is 11.1 Å². The van der Waals surface area contributed by atoms with Gasteiger partial charge in [-0.25, -0.2) is 13.7 Å². The molecule has 5 rings (SSSR count). The Bertz CT molecular complexity index is 1170. The molecule has 2 heterocycles. The SMILES string of the molecule is CC1(C)OC(=O)[C@H]2[C@H](c3cccc(Cl)c3F)[C@@](N)(c3ccc(Cl)cc3F)[C@H](CC3(CO)CC3)N21. The summed E-state index contributed by atoms with van der Waals surface area (Å²) in [6, 6.07) is 7.10. The second-order valence-corrected chi connectivity index (χ2v) is 11.1. The molecule has 1 aliphatic carbocycles. The second-order valence-electron chi connectivity index (χ2n) is 10.3. The van der Waals surface area contributed by atoms with Gasteiger partial charge in [0.2, 0.25) is 0 Å². The lowest BCUT2D eigenvalue weighted by atomic mass is 9.69. The number of hydrogen-bond acceptors (Lipinski definition) is 5. The van der Waals surface area contributed by atoms with Crippen molar-refractivity contribution in [2.45, 2.75) is 62.4 Å². The maximum absolute atomic E-state index is 15.5. The van der Waals surface area contributed by atoms with Crippen LogP contribution in [0.4, 0.5) is 8.78 Å². The predicted molar refractivity (Wildman–Crippen MR) is 124 cm³/mol. The molecule has 5 nitrogen and oxygen atoms in total.